The zero-order valence-electron chi connectivity index (χ0n) is 8.29. The predicted molar refractivity (Wildman–Crippen MR) is 62.3 cm³/mol. The lowest BCUT2D eigenvalue weighted by atomic mass is 10.2. The maximum absolute atomic E-state index is 5.66. The van der Waals surface area contributed by atoms with Gasteiger partial charge in [-0.3, -0.25) is 0 Å². The molecule has 1 nitrogen and oxygen atoms in total. The fourth-order valence-corrected chi connectivity index (χ4v) is 2.09. The second kappa shape index (κ2) is 4.28. The van der Waals surface area contributed by atoms with Gasteiger partial charge in [0.1, 0.15) is 0 Å². The molecule has 1 aromatic carbocycles. The van der Waals surface area contributed by atoms with Crippen molar-refractivity contribution in [1.29, 1.82) is 0 Å². The van der Waals surface area contributed by atoms with E-state index >= 15 is 0 Å². The van der Waals surface area contributed by atoms with Gasteiger partial charge in [-0.25, -0.2) is 0 Å². The van der Waals surface area contributed by atoms with Crippen LogP contribution in [0.2, 0.25) is 0 Å². The quantitative estimate of drug-likeness (QED) is 0.676. The minimum atomic E-state index is 0.894. The van der Waals surface area contributed by atoms with Crippen LogP contribution >= 0.6 is 11.3 Å². The highest BCUT2D eigenvalue weighted by Crippen LogP contribution is 2.27. The van der Waals surface area contributed by atoms with Crippen LogP contribution in [0, 0.1) is 6.92 Å². The minimum absolute atomic E-state index is 0.894. The van der Waals surface area contributed by atoms with E-state index in [9.17, 15) is 0 Å². The van der Waals surface area contributed by atoms with E-state index in [4.69, 9.17) is 5.73 Å². The summed E-state index contributed by atoms with van der Waals surface area (Å²) in [6.07, 6.45) is 0. The third-order valence-corrected chi connectivity index (χ3v) is 2.62. The Kier molecular flexibility index (Phi) is 3.32. The number of nitrogens with two attached hydrogens (primary N) is 1. The van der Waals surface area contributed by atoms with Crippen LogP contribution in [0.4, 0.5) is 5.00 Å². The molecule has 0 atom stereocenters. The Morgan fingerprint density at radius 1 is 1.15 bits per heavy atom. The molecule has 70 valence electrons. The van der Waals surface area contributed by atoms with Crippen LogP contribution in [-0.4, -0.2) is 0 Å². The molecule has 0 radical (unpaired) electrons. The van der Waals surface area contributed by atoms with Crippen LogP contribution in [0.15, 0.2) is 24.3 Å². The molecular formula is C11H15NS. The Bertz CT molecular complexity index is 390. The molecule has 0 saturated heterocycles. The standard InChI is InChI=1S/C9H9NS.C2H6/c1-6-2-3-7-5-9(10)11-8(7)4-6;1-2/h2-5H,10H2,1H3;1-2H3. The van der Waals surface area contributed by atoms with Crippen molar-refractivity contribution in [2.45, 2.75) is 20.8 Å². The van der Waals surface area contributed by atoms with Crippen LogP contribution in [0.1, 0.15) is 19.4 Å². The molecule has 0 aliphatic carbocycles. The van der Waals surface area contributed by atoms with Gasteiger partial charge < -0.3 is 5.73 Å². The first kappa shape index (κ1) is 10.1. The van der Waals surface area contributed by atoms with Crippen LogP contribution in [-0.2, 0) is 0 Å². The fourth-order valence-electron chi connectivity index (χ4n) is 1.16. The summed E-state index contributed by atoms with van der Waals surface area (Å²) in [5.41, 5.74) is 6.95. The molecule has 0 fully saturated rings. The van der Waals surface area contributed by atoms with E-state index in [2.05, 4.69) is 25.1 Å². The summed E-state index contributed by atoms with van der Waals surface area (Å²) in [5, 5.41) is 2.14. The van der Waals surface area contributed by atoms with E-state index < -0.39 is 0 Å². The average molecular weight is 193 g/mol. The van der Waals surface area contributed by atoms with Gasteiger partial charge in [0.15, 0.2) is 0 Å². The van der Waals surface area contributed by atoms with Gasteiger partial charge in [-0.1, -0.05) is 26.0 Å². The highest BCUT2D eigenvalue weighted by atomic mass is 32.1. The highest BCUT2D eigenvalue weighted by molar-refractivity contribution is 7.22. The van der Waals surface area contributed by atoms with Crippen molar-refractivity contribution in [3.8, 4) is 0 Å². The molecule has 0 spiro atoms. The molecule has 0 saturated carbocycles. The molecule has 2 N–H and O–H groups in total. The second-order valence-electron chi connectivity index (χ2n) is 2.69. The Morgan fingerprint density at radius 2 is 1.85 bits per heavy atom. The van der Waals surface area contributed by atoms with Crippen molar-refractivity contribution in [2.24, 2.45) is 0 Å². The van der Waals surface area contributed by atoms with Crippen molar-refractivity contribution in [3.05, 3.63) is 29.8 Å². The summed E-state index contributed by atoms with van der Waals surface area (Å²) in [5.74, 6) is 0. The normalized spacial score (nSPS) is 9.46. The zero-order chi connectivity index (χ0) is 9.84. The Balaban J connectivity index is 0.000000396. The summed E-state index contributed by atoms with van der Waals surface area (Å²) in [6, 6.07) is 8.39. The van der Waals surface area contributed by atoms with Crippen molar-refractivity contribution in [2.75, 3.05) is 5.73 Å². The molecule has 0 aliphatic rings. The lowest BCUT2D eigenvalue weighted by Crippen LogP contribution is -1.72. The maximum atomic E-state index is 5.66. The molecule has 0 amide bonds. The smallest absolute Gasteiger partial charge is 0.0868 e. The first-order chi connectivity index (χ1) is 6.25. The monoisotopic (exact) mass is 193 g/mol. The Hall–Kier alpha value is -1.02. The highest BCUT2D eigenvalue weighted by Gasteiger charge is 1.96. The number of hydrogen-bond donors (Lipinski definition) is 1. The number of fused-ring (bicyclic) bond motifs is 1. The Morgan fingerprint density at radius 3 is 2.54 bits per heavy atom. The van der Waals surface area contributed by atoms with E-state index in [1.807, 2.05) is 19.9 Å². The summed E-state index contributed by atoms with van der Waals surface area (Å²) in [7, 11) is 0. The largest absolute Gasteiger partial charge is 0.391 e. The van der Waals surface area contributed by atoms with Gasteiger partial charge in [0.05, 0.1) is 5.00 Å². The fraction of sp³-hybridized carbons (Fsp3) is 0.273. The molecule has 1 heterocycles. The molecular weight excluding hydrogens is 178 g/mol. The zero-order valence-corrected chi connectivity index (χ0v) is 9.11. The molecule has 1 aromatic heterocycles. The molecule has 13 heavy (non-hydrogen) atoms. The Labute approximate surface area is 83.2 Å². The van der Waals surface area contributed by atoms with Gasteiger partial charge in [-0.05, 0) is 30.0 Å². The number of benzene rings is 1. The molecule has 2 heteroatoms. The number of rotatable bonds is 0. The maximum Gasteiger partial charge on any atom is 0.0868 e. The van der Waals surface area contributed by atoms with E-state index in [1.165, 1.54) is 15.6 Å². The average Bonchev–Trinajstić information content (AvgIpc) is 2.48. The van der Waals surface area contributed by atoms with Crippen LogP contribution in [0.3, 0.4) is 0 Å². The second-order valence-corrected chi connectivity index (χ2v) is 3.81. The third-order valence-electron chi connectivity index (χ3n) is 1.69. The molecule has 2 rings (SSSR count). The first-order valence-corrected chi connectivity index (χ1v) is 5.33. The van der Waals surface area contributed by atoms with Crippen LogP contribution in [0.25, 0.3) is 10.1 Å². The molecule has 0 aliphatic heterocycles. The number of hydrogen-bond acceptors (Lipinski definition) is 2. The molecule has 0 unspecified atom stereocenters. The summed E-state index contributed by atoms with van der Waals surface area (Å²) >= 11 is 1.64. The van der Waals surface area contributed by atoms with Gasteiger partial charge in [0, 0.05) is 4.70 Å². The van der Waals surface area contributed by atoms with E-state index in [-0.39, 0.29) is 0 Å². The molecule has 0 bridgehead atoms. The number of anilines is 1. The van der Waals surface area contributed by atoms with Gasteiger partial charge >= 0.3 is 0 Å². The lowest BCUT2D eigenvalue weighted by Gasteiger charge is -1.89. The van der Waals surface area contributed by atoms with E-state index in [0.717, 1.165) is 5.00 Å². The van der Waals surface area contributed by atoms with E-state index in [0.29, 0.717) is 0 Å². The number of aryl methyl sites for hydroxylation is 1. The van der Waals surface area contributed by atoms with Gasteiger partial charge in [0.25, 0.3) is 0 Å². The van der Waals surface area contributed by atoms with Crippen molar-refractivity contribution < 1.29 is 0 Å². The van der Waals surface area contributed by atoms with Gasteiger partial charge in [-0.15, -0.1) is 11.3 Å². The minimum Gasteiger partial charge on any atom is -0.391 e. The van der Waals surface area contributed by atoms with Gasteiger partial charge in [0.2, 0.25) is 0 Å². The van der Waals surface area contributed by atoms with Crippen LogP contribution < -0.4 is 5.73 Å². The number of thiophene rings is 1. The van der Waals surface area contributed by atoms with Gasteiger partial charge in [-0.2, -0.15) is 0 Å². The SMILES string of the molecule is CC.Cc1ccc2cc(N)sc2c1. The lowest BCUT2D eigenvalue weighted by molar-refractivity contribution is 1.50. The van der Waals surface area contributed by atoms with Crippen molar-refractivity contribution in [3.63, 3.8) is 0 Å². The summed E-state index contributed by atoms with van der Waals surface area (Å²) in [4.78, 5) is 0. The third kappa shape index (κ3) is 2.22. The summed E-state index contributed by atoms with van der Waals surface area (Å²) in [6.45, 7) is 6.09. The summed E-state index contributed by atoms with van der Waals surface area (Å²) < 4.78 is 1.28. The number of nitrogen functional groups attached to an aromatic ring is 1. The van der Waals surface area contributed by atoms with Crippen LogP contribution in [0.5, 0.6) is 0 Å². The predicted octanol–water partition coefficient (Wildman–Crippen LogP) is 3.82. The first-order valence-electron chi connectivity index (χ1n) is 4.51. The van der Waals surface area contributed by atoms with Crippen molar-refractivity contribution >= 4 is 26.4 Å². The topological polar surface area (TPSA) is 26.0 Å². The molecule has 2 aromatic rings. The van der Waals surface area contributed by atoms with E-state index in [1.54, 1.807) is 11.3 Å². The van der Waals surface area contributed by atoms with Crippen molar-refractivity contribution in [1.82, 2.24) is 0 Å².